The fourth-order valence-electron chi connectivity index (χ4n) is 4.19. The number of rotatable bonds is 24. The average molecular weight is 487 g/mol. The molecule has 0 amide bonds. The summed E-state index contributed by atoms with van der Waals surface area (Å²) in [7, 11) is -4.64. The Labute approximate surface area is 196 Å². The summed E-state index contributed by atoms with van der Waals surface area (Å²) in [4.78, 5) is 0. The molecule has 0 heterocycles. The highest BCUT2D eigenvalue weighted by atomic mass is 32.2. The van der Waals surface area contributed by atoms with E-state index in [0.717, 1.165) is 25.7 Å². The fourth-order valence-corrected chi connectivity index (χ4v) is 5.16. The minimum atomic E-state index is -4.64. The molecule has 0 aliphatic rings. The highest BCUT2D eigenvalue weighted by Gasteiger charge is 2.37. The molecule has 1 N–H and O–H groups in total. The molecule has 0 aromatic rings. The molecule has 194 valence electrons. The van der Waals surface area contributed by atoms with Crippen molar-refractivity contribution in [3.05, 3.63) is 0 Å². The Morgan fingerprint density at radius 1 is 0.625 bits per heavy atom. The number of halogens is 3. The zero-order valence-corrected chi connectivity index (χ0v) is 21.2. The van der Waals surface area contributed by atoms with E-state index >= 15 is 0 Å². The highest BCUT2D eigenvalue weighted by Crippen LogP contribution is 2.24. The van der Waals surface area contributed by atoms with E-state index in [9.17, 15) is 26.1 Å². The summed E-state index contributed by atoms with van der Waals surface area (Å²) >= 11 is 0. The topological polar surface area (TPSA) is 54.4 Å². The van der Waals surface area contributed by atoms with Crippen LogP contribution in [0.25, 0.3) is 0 Å². The van der Waals surface area contributed by atoms with Gasteiger partial charge in [0.15, 0.2) is 6.17 Å². The first kappa shape index (κ1) is 31.7. The van der Waals surface area contributed by atoms with Crippen molar-refractivity contribution in [1.29, 1.82) is 0 Å². The molecule has 7 heteroatoms. The zero-order chi connectivity index (χ0) is 24.1. The Morgan fingerprint density at radius 3 is 1.41 bits per heavy atom. The van der Waals surface area contributed by atoms with Gasteiger partial charge in [-0.05, 0) is 19.3 Å². The molecule has 0 aromatic heterocycles. The van der Waals surface area contributed by atoms with Gasteiger partial charge in [0.05, 0.1) is 6.67 Å². The van der Waals surface area contributed by atoms with Crippen molar-refractivity contribution in [3.8, 4) is 0 Å². The Bertz CT molecular complexity index is 503. The molecule has 0 aromatic carbocycles. The lowest BCUT2D eigenvalue weighted by Crippen LogP contribution is -2.37. The van der Waals surface area contributed by atoms with Crippen LogP contribution in [0.5, 0.6) is 0 Å². The lowest BCUT2D eigenvalue weighted by Gasteiger charge is -2.21. The maximum absolute atomic E-state index is 14.4. The van der Waals surface area contributed by atoms with E-state index in [0.29, 0.717) is 25.7 Å². The zero-order valence-electron chi connectivity index (χ0n) is 20.4. The molecule has 0 aliphatic heterocycles. The van der Waals surface area contributed by atoms with Gasteiger partial charge in [0.25, 0.3) is 10.1 Å². The van der Waals surface area contributed by atoms with Crippen LogP contribution in [0.3, 0.4) is 0 Å². The molecule has 3 unspecified atom stereocenters. The van der Waals surface area contributed by atoms with Crippen LogP contribution in [0.2, 0.25) is 0 Å². The summed E-state index contributed by atoms with van der Waals surface area (Å²) < 4.78 is 72.9. The Morgan fingerprint density at radius 2 is 1.00 bits per heavy atom. The van der Waals surface area contributed by atoms with Crippen LogP contribution in [-0.4, -0.2) is 37.2 Å². The number of alkyl halides is 3. The Kier molecular flexibility index (Phi) is 21.0. The third-order valence-corrected chi connectivity index (χ3v) is 7.55. The first-order valence-corrected chi connectivity index (χ1v) is 14.6. The maximum atomic E-state index is 14.4. The molecule has 0 saturated heterocycles. The fraction of sp³-hybridized carbons (Fsp3) is 1.00. The van der Waals surface area contributed by atoms with Gasteiger partial charge in [-0.3, -0.25) is 8.94 Å². The van der Waals surface area contributed by atoms with Gasteiger partial charge in [-0.1, -0.05) is 116 Å². The lowest BCUT2D eigenvalue weighted by molar-refractivity contribution is 0.142. The molecule has 0 radical (unpaired) electrons. The predicted octanol–water partition coefficient (Wildman–Crippen LogP) is 8.71. The van der Waals surface area contributed by atoms with E-state index in [1.54, 1.807) is 0 Å². The second-order valence-corrected chi connectivity index (χ2v) is 10.9. The van der Waals surface area contributed by atoms with E-state index in [1.807, 2.05) is 0 Å². The quantitative estimate of drug-likeness (QED) is 0.110. The first-order valence-electron chi connectivity index (χ1n) is 13.1. The lowest BCUT2D eigenvalue weighted by atomic mass is 10.0. The Balaban J connectivity index is 3.81. The third kappa shape index (κ3) is 18.2. The highest BCUT2D eigenvalue weighted by molar-refractivity contribution is 7.86. The summed E-state index contributed by atoms with van der Waals surface area (Å²) in [6.45, 7) is 1.74. The molecule has 0 bridgehead atoms. The van der Waals surface area contributed by atoms with E-state index in [2.05, 4.69) is 6.92 Å². The summed E-state index contributed by atoms with van der Waals surface area (Å²) in [5, 5.41) is -1.71. The maximum Gasteiger partial charge on any atom is 0.270 e. The van der Waals surface area contributed by atoms with E-state index in [4.69, 9.17) is 0 Å². The van der Waals surface area contributed by atoms with Crippen LogP contribution in [-0.2, 0) is 10.1 Å². The van der Waals surface area contributed by atoms with Crippen LogP contribution >= 0.6 is 0 Å². The van der Waals surface area contributed by atoms with Crippen molar-refractivity contribution in [2.24, 2.45) is 0 Å². The second-order valence-electron chi connectivity index (χ2n) is 9.29. The largest absolute Gasteiger partial charge is 0.285 e. The monoisotopic (exact) mass is 486 g/mol. The third-order valence-electron chi connectivity index (χ3n) is 6.29. The van der Waals surface area contributed by atoms with Crippen LogP contribution in [0, 0.1) is 0 Å². The van der Waals surface area contributed by atoms with Crippen LogP contribution in [0.4, 0.5) is 13.2 Å². The SMILES string of the molecule is CCCCCCCCCCCCCCCCCC(C(F)C(F)CCCCCF)S(=O)(=O)O. The van der Waals surface area contributed by atoms with Gasteiger partial charge >= 0.3 is 0 Å². The standard InChI is InChI=1S/C25H49F3O3S/c1-2-3-4-5-6-7-8-9-10-11-12-13-14-15-18-21-24(32(29,30)31)25(28)23(27)20-17-16-19-22-26/h23-25H,2-22H2,1H3,(H,29,30,31). The molecule has 0 spiro atoms. The number of hydrogen-bond acceptors (Lipinski definition) is 2. The Hall–Kier alpha value is -0.300. The van der Waals surface area contributed by atoms with Gasteiger partial charge in [-0.2, -0.15) is 8.42 Å². The summed E-state index contributed by atoms with van der Waals surface area (Å²) in [5.74, 6) is 0. The van der Waals surface area contributed by atoms with Gasteiger partial charge in [0.2, 0.25) is 0 Å². The van der Waals surface area contributed by atoms with Crippen molar-refractivity contribution < 1.29 is 26.1 Å². The van der Waals surface area contributed by atoms with E-state index in [-0.39, 0.29) is 12.8 Å². The first-order chi connectivity index (χ1) is 15.3. The molecule has 0 fully saturated rings. The summed E-state index contributed by atoms with van der Waals surface area (Å²) in [6, 6.07) is 0. The van der Waals surface area contributed by atoms with Gasteiger partial charge in [0, 0.05) is 0 Å². The molecule has 32 heavy (non-hydrogen) atoms. The molecule has 0 rings (SSSR count). The predicted molar refractivity (Wildman–Crippen MR) is 129 cm³/mol. The van der Waals surface area contributed by atoms with Crippen LogP contribution < -0.4 is 0 Å². The minimum Gasteiger partial charge on any atom is -0.285 e. The smallest absolute Gasteiger partial charge is 0.270 e. The van der Waals surface area contributed by atoms with E-state index in [1.165, 1.54) is 64.2 Å². The van der Waals surface area contributed by atoms with Crippen LogP contribution in [0.15, 0.2) is 0 Å². The van der Waals surface area contributed by atoms with Crippen molar-refractivity contribution in [2.45, 2.75) is 153 Å². The molecular formula is C25H49F3O3S. The number of hydrogen-bond donors (Lipinski definition) is 1. The number of unbranched alkanes of at least 4 members (excludes halogenated alkanes) is 16. The van der Waals surface area contributed by atoms with Crippen molar-refractivity contribution >= 4 is 10.1 Å². The average Bonchev–Trinajstić information content (AvgIpc) is 2.75. The van der Waals surface area contributed by atoms with Crippen LogP contribution in [0.1, 0.15) is 135 Å². The summed E-state index contributed by atoms with van der Waals surface area (Å²) in [5.41, 5.74) is 0. The normalized spacial score (nSPS) is 15.0. The summed E-state index contributed by atoms with van der Waals surface area (Å²) in [6.07, 6.45) is 14.2. The van der Waals surface area contributed by atoms with Crippen molar-refractivity contribution in [1.82, 2.24) is 0 Å². The van der Waals surface area contributed by atoms with E-state index < -0.39 is 34.4 Å². The van der Waals surface area contributed by atoms with Gasteiger partial charge < -0.3 is 0 Å². The van der Waals surface area contributed by atoms with Crippen molar-refractivity contribution in [3.63, 3.8) is 0 Å². The minimum absolute atomic E-state index is 0.0663. The van der Waals surface area contributed by atoms with Crippen molar-refractivity contribution in [2.75, 3.05) is 6.67 Å². The van der Waals surface area contributed by atoms with Gasteiger partial charge in [-0.15, -0.1) is 0 Å². The molecule has 3 nitrogen and oxygen atoms in total. The molecule has 0 saturated carbocycles. The van der Waals surface area contributed by atoms with Gasteiger partial charge in [-0.25, -0.2) is 8.78 Å². The molecule has 0 aliphatic carbocycles. The van der Waals surface area contributed by atoms with Gasteiger partial charge in [0.1, 0.15) is 11.4 Å². The second kappa shape index (κ2) is 21.2. The molecular weight excluding hydrogens is 437 g/mol. The molecule has 3 atom stereocenters.